The van der Waals surface area contributed by atoms with Crippen LogP contribution in [-0.2, 0) is 4.74 Å². The van der Waals surface area contributed by atoms with E-state index in [0.717, 1.165) is 0 Å². The van der Waals surface area contributed by atoms with Crippen molar-refractivity contribution in [2.75, 3.05) is 0 Å². The second kappa shape index (κ2) is 2.58. The highest BCUT2D eigenvalue weighted by molar-refractivity contribution is 5.36. The van der Waals surface area contributed by atoms with Crippen molar-refractivity contribution in [2.24, 2.45) is 0 Å². The van der Waals surface area contributed by atoms with Crippen LogP contribution in [-0.4, -0.2) is 6.10 Å². The lowest BCUT2D eigenvalue weighted by atomic mass is 9.94. The summed E-state index contributed by atoms with van der Waals surface area (Å²) in [5.74, 6) is 0.715. The highest BCUT2D eigenvalue weighted by atomic mass is 16.6. The molecule has 0 saturated carbocycles. The van der Waals surface area contributed by atoms with E-state index in [1.807, 2.05) is 0 Å². The highest BCUT2D eigenvalue weighted by Crippen LogP contribution is 2.48. The molecule has 1 heteroatoms. The van der Waals surface area contributed by atoms with Crippen molar-refractivity contribution in [1.29, 1.82) is 0 Å². The average Bonchev–Trinajstić information content (AvgIpc) is 2.92. The van der Waals surface area contributed by atoms with Crippen molar-refractivity contribution in [2.45, 2.75) is 37.9 Å². The lowest BCUT2D eigenvalue weighted by Gasteiger charge is -2.12. The Bertz CT molecular complexity index is 311. The number of hydrogen-bond donors (Lipinski definition) is 0. The van der Waals surface area contributed by atoms with Crippen LogP contribution in [0.1, 0.15) is 42.9 Å². The fourth-order valence-electron chi connectivity index (χ4n) is 2.42. The van der Waals surface area contributed by atoms with Gasteiger partial charge in [-0.2, -0.15) is 0 Å². The number of fused-ring (bicyclic) bond motifs is 3. The molecule has 1 heterocycles. The molecule has 1 aliphatic carbocycles. The van der Waals surface area contributed by atoms with Crippen LogP contribution in [0.15, 0.2) is 24.3 Å². The van der Waals surface area contributed by atoms with Crippen LogP contribution in [0, 0.1) is 0 Å². The molecular formula is C12H14O. The van der Waals surface area contributed by atoms with Gasteiger partial charge in [-0.25, -0.2) is 0 Å². The van der Waals surface area contributed by atoms with Crippen molar-refractivity contribution < 1.29 is 4.74 Å². The molecule has 0 radical (unpaired) electrons. The third kappa shape index (κ3) is 1.11. The topological polar surface area (TPSA) is 12.5 Å². The zero-order valence-corrected chi connectivity index (χ0v) is 7.86. The highest BCUT2D eigenvalue weighted by Gasteiger charge is 2.43. The van der Waals surface area contributed by atoms with Gasteiger partial charge < -0.3 is 4.74 Å². The van der Waals surface area contributed by atoms with Gasteiger partial charge in [0.05, 0.1) is 6.10 Å². The maximum absolute atomic E-state index is 5.63. The number of ether oxygens (including phenoxy) is 1. The molecule has 1 fully saturated rings. The van der Waals surface area contributed by atoms with Gasteiger partial charge in [-0.3, -0.25) is 0 Å². The summed E-state index contributed by atoms with van der Waals surface area (Å²) in [5, 5.41) is 0. The Hall–Kier alpha value is -0.820. The van der Waals surface area contributed by atoms with Crippen molar-refractivity contribution in [3.8, 4) is 0 Å². The SMILES string of the molecule is C[C@H]1CC[C@H]2O[C@H]2c2ccccc21. The molecule has 1 saturated heterocycles. The summed E-state index contributed by atoms with van der Waals surface area (Å²) in [6.07, 6.45) is 3.48. The third-order valence-corrected chi connectivity index (χ3v) is 3.30. The Morgan fingerprint density at radius 1 is 1.15 bits per heavy atom. The van der Waals surface area contributed by atoms with Crippen LogP contribution < -0.4 is 0 Å². The van der Waals surface area contributed by atoms with E-state index in [1.54, 1.807) is 0 Å². The molecule has 3 rings (SSSR count). The maximum atomic E-state index is 5.63. The fraction of sp³-hybridized carbons (Fsp3) is 0.500. The predicted molar refractivity (Wildman–Crippen MR) is 51.7 cm³/mol. The van der Waals surface area contributed by atoms with Crippen LogP contribution in [0.5, 0.6) is 0 Å². The summed E-state index contributed by atoms with van der Waals surface area (Å²) in [6, 6.07) is 8.74. The molecule has 0 spiro atoms. The molecule has 0 unspecified atom stereocenters. The molecule has 1 aliphatic heterocycles. The molecule has 0 bridgehead atoms. The first-order chi connectivity index (χ1) is 6.36. The lowest BCUT2D eigenvalue weighted by Crippen LogP contribution is -1.95. The molecular weight excluding hydrogens is 160 g/mol. The summed E-state index contributed by atoms with van der Waals surface area (Å²) >= 11 is 0. The van der Waals surface area contributed by atoms with Gasteiger partial charge in [0.15, 0.2) is 0 Å². The fourth-order valence-corrected chi connectivity index (χ4v) is 2.42. The average molecular weight is 174 g/mol. The first kappa shape index (κ1) is 7.57. The maximum Gasteiger partial charge on any atom is 0.109 e. The number of hydrogen-bond acceptors (Lipinski definition) is 1. The number of benzene rings is 1. The second-order valence-corrected chi connectivity index (χ2v) is 4.20. The standard InChI is InChI=1S/C12H14O/c1-8-6-7-11-12(13-11)10-5-3-2-4-9(8)10/h2-5,8,11-12H,6-7H2,1H3/t8-,11+,12-/m0/s1. The molecule has 1 aromatic carbocycles. The molecule has 68 valence electrons. The van der Waals surface area contributed by atoms with E-state index in [2.05, 4.69) is 31.2 Å². The Labute approximate surface area is 78.7 Å². The van der Waals surface area contributed by atoms with Gasteiger partial charge >= 0.3 is 0 Å². The zero-order chi connectivity index (χ0) is 8.84. The summed E-state index contributed by atoms with van der Waals surface area (Å²) in [4.78, 5) is 0. The van der Waals surface area contributed by atoms with Crippen LogP contribution in [0.3, 0.4) is 0 Å². The molecule has 0 N–H and O–H groups in total. The third-order valence-electron chi connectivity index (χ3n) is 3.30. The van der Waals surface area contributed by atoms with Gasteiger partial charge in [-0.05, 0) is 29.9 Å². The quantitative estimate of drug-likeness (QED) is 0.551. The first-order valence-electron chi connectivity index (χ1n) is 5.10. The van der Waals surface area contributed by atoms with E-state index in [1.165, 1.54) is 24.0 Å². The van der Waals surface area contributed by atoms with Gasteiger partial charge in [-0.1, -0.05) is 31.2 Å². The van der Waals surface area contributed by atoms with E-state index < -0.39 is 0 Å². The second-order valence-electron chi connectivity index (χ2n) is 4.20. The van der Waals surface area contributed by atoms with Gasteiger partial charge in [0.1, 0.15) is 6.10 Å². The summed E-state index contributed by atoms with van der Waals surface area (Å²) in [6.45, 7) is 2.32. The normalized spacial score (nSPS) is 35.9. The molecule has 0 aromatic heterocycles. The van der Waals surface area contributed by atoms with E-state index >= 15 is 0 Å². The van der Waals surface area contributed by atoms with Crippen molar-refractivity contribution >= 4 is 0 Å². The summed E-state index contributed by atoms with van der Waals surface area (Å²) in [7, 11) is 0. The van der Waals surface area contributed by atoms with Crippen molar-refractivity contribution in [3.05, 3.63) is 35.4 Å². The Kier molecular flexibility index (Phi) is 1.50. The molecule has 1 aromatic rings. The smallest absolute Gasteiger partial charge is 0.109 e. The Morgan fingerprint density at radius 3 is 2.77 bits per heavy atom. The number of rotatable bonds is 0. The van der Waals surface area contributed by atoms with E-state index in [-0.39, 0.29) is 0 Å². The van der Waals surface area contributed by atoms with Crippen LogP contribution in [0.4, 0.5) is 0 Å². The summed E-state index contributed by atoms with van der Waals surface area (Å²) < 4.78 is 5.63. The van der Waals surface area contributed by atoms with Gasteiger partial charge in [0.25, 0.3) is 0 Å². The molecule has 1 nitrogen and oxygen atoms in total. The molecule has 13 heavy (non-hydrogen) atoms. The van der Waals surface area contributed by atoms with E-state index in [0.29, 0.717) is 18.1 Å². The van der Waals surface area contributed by atoms with Crippen LogP contribution >= 0.6 is 0 Å². The zero-order valence-electron chi connectivity index (χ0n) is 7.86. The van der Waals surface area contributed by atoms with Crippen LogP contribution in [0.2, 0.25) is 0 Å². The monoisotopic (exact) mass is 174 g/mol. The lowest BCUT2D eigenvalue weighted by molar-refractivity contribution is 0.352. The summed E-state index contributed by atoms with van der Waals surface area (Å²) in [5.41, 5.74) is 2.95. The first-order valence-corrected chi connectivity index (χ1v) is 5.10. The molecule has 3 atom stereocenters. The van der Waals surface area contributed by atoms with E-state index in [4.69, 9.17) is 4.74 Å². The van der Waals surface area contributed by atoms with Crippen molar-refractivity contribution in [3.63, 3.8) is 0 Å². The van der Waals surface area contributed by atoms with Gasteiger partial charge in [0.2, 0.25) is 0 Å². The van der Waals surface area contributed by atoms with Crippen LogP contribution in [0.25, 0.3) is 0 Å². The minimum atomic E-state index is 0.432. The molecule has 2 aliphatic rings. The Balaban J connectivity index is 2.10. The van der Waals surface area contributed by atoms with Gasteiger partial charge in [0, 0.05) is 0 Å². The minimum Gasteiger partial charge on any atom is -0.364 e. The minimum absolute atomic E-state index is 0.432. The number of epoxide rings is 1. The largest absolute Gasteiger partial charge is 0.364 e. The molecule has 0 amide bonds. The van der Waals surface area contributed by atoms with E-state index in [9.17, 15) is 0 Å². The van der Waals surface area contributed by atoms with Gasteiger partial charge in [-0.15, -0.1) is 0 Å². The predicted octanol–water partition coefficient (Wildman–Crippen LogP) is 3.02. The Morgan fingerprint density at radius 2 is 1.92 bits per heavy atom. The van der Waals surface area contributed by atoms with Crippen molar-refractivity contribution in [1.82, 2.24) is 0 Å².